The van der Waals surface area contributed by atoms with Gasteiger partial charge in [0.25, 0.3) is 0 Å². The Labute approximate surface area is 251 Å². The molecule has 0 saturated carbocycles. The number of nitrogens with two attached hydrogens (primary N) is 1. The lowest BCUT2D eigenvalue weighted by molar-refractivity contribution is -0.152. The summed E-state index contributed by atoms with van der Waals surface area (Å²) in [4.78, 5) is 55.3. The molecule has 43 heavy (non-hydrogen) atoms. The van der Waals surface area contributed by atoms with E-state index in [2.05, 4.69) is 10.2 Å². The van der Waals surface area contributed by atoms with Gasteiger partial charge in [-0.15, -0.1) is 0 Å². The van der Waals surface area contributed by atoms with E-state index in [-0.39, 0.29) is 37.7 Å². The van der Waals surface area contributed by atoms with Gasteiger partial charge in [0.1, 0.15) is 12.1 Å². The largest absolute Gasteiger partial charge is 0.467 e. The molecule has 0 bridgehead atoms. The molecule has 10 heteroatoms. The number of piperidine rings is 1. The molecule has 4 rings (SSSR count). The Morgan fingerprint density at radius 1 is 0.953 bits per heavy atom. The lowest BCUT2D eigenvalue weighted by atomic mass is 9.84. The third kappa shape index (κ3) is 7.58. The van der Waals surface area contributed by atoms with Crippen LogP contribution >= 0.6 is 0 Å². The Hall–Kier alpha value is -4.70. The van der Waals surface area contributed by atoms with Crippen molar-refractivity contribution < 1.29 is 28.7 Å². The van der Waals surface area contributed by atoms with Gasteiger partial charge in [-0.25, -0.2) is 9.59 Å². The summed E-state index contributed by atoms with van der Waals surface area (Å²) in [6, 6.07) is 24.9. The van der Waals surface area contributed by atoms with E-state index < -0.39 is 23.5 Å². The van der Waals surface area contributed by atoms with Gasteiger partial charge >= 0.3 is 18.0 Å². The molecule has 3 aromatic rings. The molecule has 1 aliphatic heterocycles. The first-order valence-electron chi connectivity index (χ1n) is 14.3. The molecular formula is C33H38N4O6. The fraction of sp³-hybridized carbons (Fsp3) is 0.333. The third-order valence-corrected chi connectivity index (χ3v) is 7.75. The molecule has 1 aliphatic rings. The summed E-state index contributed by atoms with van der Waals surface area (Å²) in [6.45, 7) is 3.14. The number of benzene rings is 3. The summed E-state index contributed by atoms with van der Waals surface area (Å²) in [5, 5.41) is 2.52. The van der Waals surface area contributed by atoms with Crippen LogP contribution in [0.25, 0.3) is 0 Å². The number of esters is 2. The van der Waals surface area contributed by atoms with Gasteiger partial charge in [0.15, 0.2) is 0 Å². The zero-order valence-electron chi connectivity index (χ0n) is 24.5. The molecule has 0 spiro atoms. The maximum absolute atomic E-state index is 13.5. The Kier molecular flexibility index (Phi) is 10.5. The van der Waals surface area contributed by atoms with Crippen LogP contribution in [0, 0.1) is 0 Å². The molecule has 0 aliphatic carbocycles. The molecule has 3 amide bonds. The highest BCUT2D eigenvalue weighted by Gasteiger charge is 2.50. The number of hydrogen-bond donors (Lipinski definition) is 2. The van der Waals surface area contributed by atoms with Gasteiger partial charge in [-0.05, 0) is 42.2 Å². The summed E-state index contributed by atoms with van der Waals surface area (Å²) in [7, 11) is 1.31. The van der Waals surface area contributed by atoms with Gasteiger partial charge in [0.05, 0.1) is 13.0 Å². The van der Waals surface area contributed by atoms with Gasteiger partial charge in [-0.1, -0.05) is 73.7 Å². The van der Waals surface area contributed by atoms with Crippen LogP contribution < -0.4 is 16.0 Å². The minimum Gasteiger partial charge on any atom is -0.467 e. The highest BCUT2D eigenvalue weighted by atomic mass is 16.5. The van der Waals surface area contributed by atoms with E-state index in [9.17, 15) is 19.2 Å². The van der Waals surface area contributed by atoms with Crippen molar-refractivity contribution in [1.29, 1.82) is 0 Å². The van der Waals surface area contributed by atoms with Crippen LogP contribution in [0.5, 0.6) is 0 Å². The second kappa shape index (κ2) is 14.5. The Balaban J connectivity index is 1.57. The molecule has 3 aromatic carbocycles. The van der Waals surface area contributed by atoms with Crippen LogP contribution in [-0.4, -0.2) is 61.1 Å². The van der Waals surface area contributed by atoms with Crippen molar-refractivity contribution in [2.45, 2.75) is 44.2 Å². The van der Waals surface area contributed by atoms with Crippen molar-refractivity contribution in [2.75, 3.05) is 37.0 Å². The van der Waals surface area contributed by atoms with Crippen molar-refractivity contribution in [1.82, 2.24) is 4.90 Å². The number of nitrogens with one attached hydrogen (secondary N) is 1. The van der Waals surface area contributed by atoms with Gasteiger partial charge in [0, 0.05) is 37.4 Å². The maximum Gasteiger partial charge on any atom is 0.332 e. The molecule has 3 N–H and O–H groups in total. The first-order valence-corrected chi connectivity index (χ1v) is 14.3. The van der Waals surface area contributed by atoms with E-state index in [1.165, 1.54) is 12.0 Å². The number of rotatable bonds is 11. The molecule has 1 heterocycles. The van der Waals surface area contributed by atoms with Crippen LogP contribution in [0.3, 0.4) is 0 Å². The highest BCUT2D eigenvalue weighted by Crippen LogP contribution is 2.37. The fourth-order valence-corrected chi connectivity index (χ4v) is 5.56. The first-order chi connectivity index (χ1) is 20.8. The topological polar surface area (TPSA) is 131 Å². The summed E-state index contributed by atoms with van der Waals surface area (Å²) < 4.78 is 11.0. The number of carbonyl (C=O) groups is 4. The normalized spacial score (nSPS) is 15.1. The number of amides is 3. The molecule has 10 nitrogen and oxygen atoms in total. The number of methoxy groups -OCH3 is 1. The summed E-state index contributed by atoms with van der Waals surface area (Å²) in [6.07, 6.45) is 0.707. The zero-order valence-corrected chi connectivity index (χ0v) is 24.5. The maximum atomic E-state index is 13.5. The Morgan fingerprint density at radius 3 is 2.21 bits per heavy atom. The second-order valence-corrected chi connectivity index (χ2v) is 10.5. The monoisotopic (exact) mass is 586 g/mol. The average molecular weight is 587 g/mol. The molecule has 1 fully saturated rings. The number of ether oxygens (including phenoxy) is 2. The highest BCUT2D eigenvalue weighted by molar-refractivity contribution is 6.02. The summed E-state index contributed by atoms with van der Waals surface area (Å²) >= 11 is 0. The number of hydrogen-bond acceptors (Lipinski definition) is 7. The molecular weight excluding hydrogens is 548 g/mol. The Morgan fingerprint density at radius 2 is 1.60 bits per heavy atom. The summed E-state index contributed by atoms with van der Waals surface area (Å²) in [5.74, 6) is -1.66. The van der Waals surface area contributed by atoms with E-state index in [1.807, 2.05) is 60.7 Å². The predicted molar refractivity (Wildman–Crippen MR) is 163 cm³/mol. The number of nitrogens with zero attached hydrogens (tertiary/aromatic N) is 2. The van der Waals surface area contributed by atoms with E-state index in [0.717, 1.165) is 11.1 Å². The second-order valence-electron chi connectivity index (χ2n) is 10.5. The quantitative estimate of drug-likeness (QED) is 0.317. The van der Waals surface area contributed by atoms with Gasteiger partial charge in [-0.3, -0.25) is 14.5 Å². The van der Waals surface area contributed by atoms with Crippen LogP contribution in [-0.2, 0) is 30.5 Å². The van der Waals surface area contributed by atoms with Crippen molar-refractivity contribution in [2.24, 2.45) is 5.73 Å². The fourth-order valence-electron chi connectivity index (χ4n) is 5.56. The number of likely N-dealkylation sites (tertiary alicyclic amines) is 1. The Bertz CT molecular complexity index is 1410. The number of primary amides is 1. The smallest absolute Gasteiger partial charge is 0.332 e. The lowest BCUT2D eigenvalue weighted by Crippen LogP contribution is -2.63. The van der Waals surface area contributed by atoms with Crippen molar-refractivity contribution in [3.8, 4) is 0 Å². The van der Waals surface area contributed by atoms with E-state index in [0.29, 0.717) is 31.0 Å². The van der Waals surface area contributed by atoms with E-state index in [1.54, 1.807) is 31.2 Å². The zero-order chi connectivity index (χ0) is 30.8. The molecule has 1 unspecified atom stereocenters. The van der Waals surface area contributed by atoms with Crippen LogP contribution in [0.15, 0.2) is 84.9 Å². The van der Waals surface area contributed by atoms with Crippen LogP contribution in [0.1, 0.15) is 43.2 Å². The third-order valence-electron chi connectivity index (χ3n) is 7.75. The molecule has 1 saturated heterocycles. The average Bonchev–Trinajstić information content (AvgIpc) is 3.03. The van der Waals surface area contributed by atoms with Crippen LogP contribution in [0.2, 0.25) is 0 Å². The van der Waals surface area contributed by atoms with Crippen molar-refractivity contribution in [3.63, 3.8) is 0 Å². The van der Waals surface area contributed by atoms with Crippen molar-refractivity contribution in [3.05, 3.63) is 96.1 Å². The van der Waals surface area contributed by atoms with E-state index >= 15 is 0 Å². The lowest BCUT2D eigenvalue weighted by Gasteiger charge is -2.47. The van der Waals surface area contributed by atoms with Gasteiger partial charge < -0.3 is 25.4 Å². The van der Waals surface area contributed by atoms with Gasteiger partial charge in [0.2, 0.25) is 5.91 Å². The SMILES string of the molecule is CCC(=O)N(c1cccc(NC(N)=O)c1)C1(C(=O)OC)CCN(CC(C(=O)OCc2ccccc2)c2ccccc2)CC1. The number of anilines is 2. The van der Waals surface area contributed by atoms with Crippen LogP contribution in [0.4, 0.5) is 16.2 Å². The van der Waals surface area contributed by atoms with Crippen molar-refractivity contribution >= 4 is 35.3 Å². The number of carbonyl (C=O) groups excluding carboxylic acids is 4. The minimum atomic E-state index is -1.28. The molecule has 0 radical (unpaired) electrons. The van der Waals surface area contributed by atoms with E-state index in [4.69, 9.17) is 15.2 Å². The number of urea groups is 1. The molecule has 1 atom stereocenters. The first kappa shape index (κ1) is 31.2. The minimum absolute atomic E-state index is 0.152. The molecule has 0 aromatic heterocycles. The summed E-state index contributed by atoms with van der Waals surface area (Å²) in [5.41, 5.74) is 6.61. The predicted octanol–water partition coefficient (Wildman–Crippen LogP) is 4.46. The standard InChI is InChI=1S/C33H38N4O6/c1-3-29(38)37(27-16-10-15-26(21-27)35-32(34)41)33(31(40)42-2)17-19-36(20-18-33)22-28(25-13-8-5-9-14-25)30(39)43-23-24-11-6-4-7-12-24/h4-16,21,28H,3,17-20,22-23H2,1-2H3,(H3,34,35,41). The molecule has 226 valence electrons. The van der Waals surface area contributed by atoms with Gasteiger partial charge in [-0.2, -0.15) is 0 Å².